The van der Waals surface area contributed by atoms with Gasteiger partial charge in [0.25, 0.3) is 0 Å². The highest BCUT2D eigenvalue weighted by Crippen LogP contribution is 2.39. The van der Waals surface area contributed by atoms with Crippen LogP contribution < -0.4 is 0 Å². The van der Waals surface area contributed by atoms with Crippen LogP contribution in [0.1, 0.15) is 39.5 Å². The Bertz CT molecular complexity index is 199. The molecule has 0 atom stereocenters. The molecule has 0 heterocycles. The van der Waals surface area contributed by atoms with E-state index < -0.39 is 0 Å². The molecular weight excluding hydrogens is 134 g/mol. The molecule has 0 aromatic rings. The van der Waals surface area contributed by atoms with Crippen LogP contribution in [0, 0.1) is 6.57 Å². The molecule has 0 aromatic carbocycles. The van der Waals surface area contributed by atoms with Crippen molar-refractivity contribution in [3.8, 4) is 0 Å². The smallest absolute Gasteiger partial charge is 0.236 e. The minimum atomic E-state index is 0.0112. The first-order chi connectivity index (χ1) is 5.18. The molecule has 0 aromatic heterocycles. The molecule has 0 amide bonds. The highest BCUT2D eigenvalue weighted by molar-refractivity contribution is 5.11. The van der Waals surface area contributed by atoms with Crippen LogP contribution in [0.2, 0.25) is 0 Å². The molecule has 0 bridgehead atoms. The predicted octanol–water partition coefficient (Wildman–Crippen LogP) is 3.18. The SMILES string of the molecule is [C-]#[N+]C1(CC=C(C)C)CCC1. The summed E-state index contributed by atoms with van der Waals surface area (Å²) < 4.78 is 0. The first-order valence-electron chi connectivity index (χ1n) is 4.20. The van der Waals surface area contributed by atoms with Crippen LogP contribution in [-0.4, -0.2) is 5.54 Å². The van der Waals surface area contributed by atoms with Gasteiger partial charge in [-0.1, -0.05) is 11.6 Å². The van der Waals surface area contributed by atoms with E-state index in [1.165, 1.54) is 12.0 Å². The minimum absolute atomic E-state index is 0.0112. The van der Waals surface area contributed by atoms with Gasteiger partial charge in [0, 0.05) is 19.3 Å². The van der Waals surface area contributed by atoms with Crippen LogP contribution in [-0.2, 0) is 0 Å². The number of hydrogen-bond donors (Lipinski definition) is 0. The van der Waals surface area contributed by atoms with Crippen molar-refractivity contribution in [3.05, 3.63) is 23.1 Å². The second-order valence-corrected chi connectivity index (χ2v) is 3.68. The number of allylic oxidation sites excluding steroid dienone is 1. The van der Waals surface area contributed by atoms with Gasteiger partial charge in [-0.2, -0.15) is 0 Å². The zero-order valence-electron chi connectivity index (χ0n) is 7.35. The van der Waals surface area contributed by atoms with E-state index in [2.05, 4.69) is 24.8 Å². The van der Waals surface area contributed by atoms with Crippen molar-refractivity contribution in [2.75, 3.05) is 0 Å². The first-order valence-corrected chi connectivity index (χ1v) is 4.20. The molecule has 0 spiro atoms. The molecule has 0 aliphatic heterocycles. The Labute approximate surface area is 68.9 Å². The summed E-state index contributed by atoms with van der Waals surface area (Å²) in [5, 5.41) is 0. The second kappa shape index (κ2) is 3.09. The van der Waals surface area contributed by atoms with Crippen LogP contribution in [0.4, 0.5) is 0 Å². The third-order valence-electron chi connectivity index (χ3n) is 2.41. The van der Waals surface area contributed by atoms with Crippen molar-refractivity contribution in [2.45, 2.75) is 45.1 Å². The zero-order valence-corrected chi connectivity index (χ0v) is 7.35. The van der Waals surface area contributed by atoms with Crippen molar-refractivity contribution in [1.29, 1.82) is 0 Å². The molecule has 1 rings (SSSR count). The maximum Gasteiger partial charge on any atom is 0.236 e. The summed E-state index contributed by atoms with van der Waals surface area (Å²) in [5.41, 5.74) is 1.34. The maximum absolute atomic E-state index is 7.05. The molecule has 1 nitrogen and oxygen atoms in total. The van der Waals surface area contributed by atoms with E-state index in [-0.39, 0.29) is 5.54 Å². The normalized spacial score (nSPS) is 19.7. The van der Waals surface area contributed by atoms with Gasteiger partial charge < -0.3 is 4.85 Å². The Morgan fingerprint density at radius 1 is 1.55 bits per heavy atom. The molecule has 11 heavy (non-hydrogen) atoms. The molecule has 0 unspecified atom stereocenters. The number of nitrogens with zero attached hydrogens (tertiary/aromatic N) is 1. The van der Waals surface area contributed by atoms with E-state index in [1.54, 1.807) is 0 Å². The standard InChI is InChI=1S/C10H15N/c1-9(2)5-8-10(11-3)6-4-7-10/h5H,4,6-8H2,1-2H3. The molecule has 0 N–H and O–H groups in total. The molecule has 0 saturated heterocycles. The average molecular weight is 149 g/mol. The second-order valence-electron chi connectivity index (χ2n) is 3.68. The van der Waals surface area contributed by atoms with Gasteiger partial charge in [0.15, 0.2) is 0 Å². The van der Waals surface area contributed by atoms with Gasteiger partial charge >= 0.3 is 0 Å². The largest absolute Gasteiger partial charge is 0.310 e. The lowest BCUT2D eigenvalue weighted by Gasteiger charge is -2.28. The zero-order chi connectivity index (χ0) is 8.32. The van der Waals surface area contributed by atoms with Crippen molar-refractivity contribution in [1.82, 2.24) is 0 Å². The minimum Gasteiger partial charge on any atom is -0.310 e. The third kappa shape index (κ3) is 1.83. The lowest BCUT2D eigenvalue weighted by molar-refractivity contribution is 0.305. The molecule has 0 radical (unpaired) electrons. The lowest BCUT2D eigenvalue weighted by atomic mass is 9.75. The fourth-order valence-corrected chi connectivity index (χ4v) is 1.34. The van der Waals surface area contributed by atoms with Crippen LogP contribution in [0.25, 0.3) is 4.85 Å². The Balaban J connectivity index is 2.47. The van der Waals surface area contributed by atoms with E-state index in [1.807, 2.05) is 0 Å². The summed E-state index contributed by atoms with van der Waals surface area (Å²) in [5.74, 6) is 0. The molecule has 1 heteroatoms. The van der Waals surface area contributed by atoms with E-state index in [4.69, 9.17) is 6.57 Å². The summed E-state index contributed by atoms with van der Waals surface area (Å²) in [6.45, 7) is 11.2. The Hall–Kier alpha value is -0.770. The van der Waals surface area contributed by atoms with Crippen LogP contribution in [0.3, 0.4) is 0 Å². The highest BCUT2D eigenvalue weighted by atomic mass is 14.8. The van der Waals surface area contributed by atoms with E-state index in [9.17, 15) is 0 Å². The van der Waals surface area contributed by atoms with E-state index >= 15 is 0 Å². The van der Waals surface area contributed by atoms with E-state index in [0.717, 1.165) is 19.3 Å². The maximum atomic E-state index is 7.05. The van der Waals surface area contributed by atoms with E-state index in [0.29, 0.717) is 0 Å². The first kappa shape index (κ1) is 8.33. The Morgan fingerprint density at radius 2 is 2.18 bits per heavy atom. The van der Waals surface area contributed by atoms with Gasteiger partial charge in [-0.05, 0) is 20.3 Å². The summed E-state index contributed by atoms with van der Waals surface area (Å²) in [6, 6.07) is 0. The van der Waals surface area contributed by atoms with Gasteiger partial charge in [-0.25, -0.2) is 6.57 Å². The molecule has 1 aliphatic carbocycles. The van der Waals surface area contributed by atoms with Crippen molar-refractivity contribution in [3.63, 3.8) is 0 Å². The van der Waals surface area contributed by atoms with Crippen molar-refractivity contribution >= 4 is 0 Å². The molecule has 1 saturated carbocycles. The number of rotatable bonds is 2. The van der Waals surface area contributed by atoms with Gasteiger partial charge in [-0.15, -0.1) is 0 Å². The Kier molecular flexibility index (Phi) is 2.34. The highest BCUT2D eigenvalue weighted by Gasteiger charge is 2.42. The summed E-state index contributed by atoms with van der Waals surface area (Å²) in [4.78, 5) is 3.70. The lowest BCUT2D eigenvalue weighted by Crippen LogP contribution is -2.32. The average Bonchev–Trinajstić information content (AvgIpc) is 1.86. The van der Waals surface area contributed by atoms with Crippen molar-refractivity contribution in [2.24, 2.45) is 0 Å². The van der Waals surface area contributed by atoms with Crippen LogP contribution in [0.15, 0.2) is 11.6 Å². The van der Waals surface area contributed by atoms with Crippen LogP contribution >= 0.6 is 0 Å². The monoisotopic (exact) mass is 149 g/mol. The summed E-state index contributed by atoms with van der Waals surface area (Å²) in [7, 11) is 0. The third-order valence-corrected chi connectivity index (χ3v) is 2.41. The van der Waals surface area contributed by atoms with Crippen LogP contribution in [0.5, 0.6) is 0 Å². The summed E-state index contributed by atoms with van der Waals surface area (Å²) >= 11 is 0. The molecular formula is C10H15N. The molecule has 1 aliphatic rings. The molecule has 60 valence electrons. The topological polar surface area (TPSA) is 4.36 Å². The summed E-state index contributed by atoms with van der Waals surface area (Å²) in [6.07, 6.45) is 6.63. The number of hydrogen-bond acceptors (Lipinski definition) is 0. The van der Waals surface area contributed by atoms with Gasteiger partial charge in [-0.3, -0.25) is 0 Å². The van der Waals surface area contributed by atoms with Gasteiger partial charge in [0.1, 0.15) is 0 Å². The fraction of sp³-hybridized carbons (Fsp3) is 0.700. The quantitative estimate of drug-likeness (QED) is 0.419. The Morgan fingerprint density at radius 3 is 2.45 bits per heavy atom. The molecule has 1 fully saturated rings. The van der Waals surface area contributed by atoms with Crippen molar-refractivity contribution < 1.29 is 0 Å². The fourth-order valence-electron chi connectivity index (χ4n) is 1.34. The van der Waals surface area contributed by atoms with Gasteiger partial charge in [0.05, 0.1) is 0 Å². The van der Waals surface area contributed by atoms with Gasteiger partial charge in [0.2, 0.25) is 5.54 Å². The predicted molar refractivity (Wildman–Crippen MR) is 47.2 cm³/mol.